The average molecular weight is 140 g/mol. The molecule has 0 aromatic rings. The summed E-state index contributed by atoms with van der Waals surface area (Å²) in [6, 6.07) is 0. The van der Waals surface area contributed by atoms with Crippen molar-refractivity contribution in [1.82, 2.24) is 0 Å². The number of hydrogen-bond donors (Lipinski definition) is 0. The number of carbonyl (C=O) groups excluding carboxylic acids is 1. The van der Waals surface area contributed by atoms with Crippen LogP contribution in [0.15, 0.2) is 0 Å². The molecule has 0 aromatic carbocycles. The molecule has 0 spiro atoms. The van der Waals surface area contributed by atoms with Gasteiger partial charge in [0.05, 0.1) is 13.0 Å². The van der Waals surface area contributed by atoms with Gasteiger partial charge in [-0.2, -0.15) is 0 Å². The van der Waals surface area contributed by atoms with E-state index in [-0.39, 0.29) is 11.9 Å². The monoisotopic (exact) mass is 140 g/mol. The zero-order chi connectivity index (χ0) is 7.98. The van der Waals surface area contributed by atoms with Gasteiger partial charge in [-0.25, -0.2) is 0 Å². The van der Waals surface area contributed by atoms with Crippen LogP contribution >= 0.6 is 0 Å². The van der Waals surface area contributed by atoms with Crippen molar-refractivity contribution >= 4 is 5.97 Å². The molecule has 0 heterocycles. The number of methoxy groups -OCH3 is 1. The second-order valence-electron chi connectivity index (χ2n) is 1.93. The molecular weight excluding hydrogens is 128 g/mol. The van der Waals surface area contributed by atoms with E-state index in [9.17, 15) is 4.79 Å². The first kappa shape index (κ1) is 9.47. The molecule has 56 valence electrons. The van der Waals surface area contributed by atoms with E-state index < -0.39 is 0 Å². The maximum Gasteiger partial charge on any atom is 0.308 e. The van der Waals surface area contributed by atoms with Crippen molar-refractivity contribution in [3.05, 3.63) is 26.2 Å². The van der Waals surface area contributed by atoms with Crippen LogP contribution in [0.25, 0.3) is 0 Å². The number of esters is 1. The Bertz CT molecular complexity index is 99.4. The highest BCUT2D eigenvalue weighted by atomic mass is 16.5. The van der Waals surface area contributed by atoms with Crippen LogP contribution in [0, 0.1) is 32.1 Å². The summed E-state index contributed by atoms with van der Waals surface area (Å²) in [5.74, 6) is -0.402. The zero-order valence-electron chi connectivity index (χ0n) is 6.33. The topological polar surface area (TPSA) is 26.3 Å². The molecule has 0 saturated heterocycles. The second-order valence-corrected chi connectivity index (χ2v) is 1.93. The van der Waals surface area contributed by atoms with Crippen molar-refractivity contribution in [2.45, 2.75) is 6.92 Å². The molecule has 2 heteroatoms. The van der Waals surface area contributed by atoms with Crippen molar-refractivity contribution in [2.75, 3.05) is 7.11 Å². The maximum atomic E-state index is 10.7. The van der Waals surface area contributed by atoms with E-state index in [0.29, 0.717) is 0 Å². The van der Waals surface area contributed by atoms with Gasteiger partial charge >= 0.3 is 5.97 Å². The number of ether oxygens (including phenoxy) is 1. The van der Waals surface area contributed by atoms with Gasteiger partial charge in [-0.15, -0.1) is 0 Å². The van der Waals surface area contributed by atoms with Gasteiger partial charge < -0.3 is 4.74 Å². The fourth-order valence-corrected chi connectivity index (χ4v) is 0.510. The Labute approximate surface area is 62.6 Å². The van der Waals surface area contributed by atoms with E-state index in [1.165, 1.54) is 7.11 Å². The van der Waals surface area contributed by atoms with Crippen LogP contribution in [0.1, 0.15) is 6.92 Å². The van der Waals surface area contributed by atoms with Gasteiger partial charge in [-0.05, 0) is 26.2 Å². The summed E-state index contributed by atoms with van der Waals surface area (Å²) >= 11 is 0. The zero-order valence-corrected chi connectivity index (χ0v) is 6.33. The highest BCUT2D eigenvalue weighted by molar-refractivity contribution is 5.73. The van der Waals surface area contributed by atoms with E-state index >= 15 is 0 Å². The first-order valence-corrected chi connectivity index (χ1v) is 3.09. The number of hydrogen-bond acceptors (Lipinski definition) is 2. The first-order chi connectivity index (χ1) is 4.72. The molecule has 1 atom stereocenters. The largest absolute Gasteiger partial charge is 0.469 e. The molecule has 0 aromatic heterocycles. The maximum absolute atomic E-state index is 10.7. The summed E-state index contributed by atoms with van der Waals surface area (Å²) in [6.45, 7) is 5.25. The highest BCUT2D eigenvalue weighted by Crippen LogP contribution is 2.05. The van der Waals surface area contributed by atoms with E-state index in [0.717, 1.165) is 0 Å². The number of carbonyl (C=O) groups is 1. The summed E-state index contributed by atoms with van der Waals surface area (Å²) in [4.78, 5) is 10.7. The number of rotatable bonds is 4. The molecule has 2 nitrogen and oxygen atoms in total. The van der Waals surface area contributed by atoms with Crippen molar-refractivity contribution in [2.24, 2.45) is 5.92 Å². The van der Waals surface area contributed by atoms with Crippen LogP contribution in [0.4, 0.5) is 0 Å². The van der Waals surface area contributed by atoms with Gasteiger partial charge in [0, 0.05) is 0 Å². The van der Waals surface area contributed by atoms with Crippen molar-refractivity contribution < 1.29 is 9.53 Å². The molecule has 0 bridgehead atoms. The van der Waals surface area contributed by atoms with Gasteiger partial charge in [0.1, 0.15) is 0 Å². The quantitative estimate of drug-likeness (QED) is 0.549. The molecular formula is C8H12O2. The van der Waals surface area contributed by atoms with Gasteiger partial charge in [-0.1, -0.05) is 6.92 Å². The third kappa shape index (κ3) is 3.49. The fourth-order valence-electron chi connectivity index (χ4n) is 0.510. The molecule has 0 fully saturated rings. The Hall–Kier alpha value is -0.530. The Morgan fingerprint density at radius 3 is 2.70 bits per heavy atom. The Balaban J connectivity index is 3.41. The fraction of sp³-hybridized carbons (Fsp3) is 0.375. The smallest absolute Gasteiger partial charge is 0.308 e. The third-order valence-electron chi connectivity index (χ3n) is 1.11. The Morgan fingerprint density at radius 2 is 2.30 bits per heavy atom. The summed E-state index contributed by atoms with van der Waals surface area (Å²) in [5.41, 5.74) is 0. The lowest BCUT2D eigenvalue weighted by molar-refractivity contribution is -0.143. The molecule has 10 heavy (non-hydrogen) atoms. The first-order valence-electron chi connectivity index (χ1n) is 3.09. The van der Waals surface area contributed by atoms with Crippen molar-refractivity contribution in [1.29, 1.82) is 0 Å². The summed E-state index contributed by atoms with van der Waals surface area (Å²) in [7, 11) is 1.38. The molecule has 0 amide bonds. The van der Waals surface area contributed by atoms with E-state index in [1.54, 1.807) is 26.2 Å². The minimum Gasteiger partial charge on any atom is -0.469 e. The highest BCUT2D eigenvalue weighted by Gasteiger charge is 2.11. The Morgan fingerprint density at radius 1 is 1.70 bits per heavy atom. The Kier molecular flexibility index (Phi) is 4.99. The minimum absolute atomic E-state index is 0.178. The van der Waals surface area contributed by atoms with Crippen LogP contribution in [-0.4, -0.2) is 13.1 Å². The van der Waals surface area contributed by atoms with E-state index in [2.05, 4.69) is 11.7 Å². The lowest BCUT2D eigenvalue weighted by atomic mass is 10.1. The predicted molar refractivity (Wildman–Crippen MR) is 39.4 cm³/mol. The lowest BCUT2D eigenvalue weighted by Crippen LogP contribution is -2.12. The molecule has 0 N–H and O–H groups in total. The summed E-state index contributed by atoms with van der Waals surface area (Å²) in [5, 5.41) is 0. The predicted octanol–water partition coefficient (Wildman–Crippen LogP) is 1.24. The SMILES string of the molecule is [CH2][CH][CH][CH][C@@H](C)C(=O)OC. The lowest BCUT2D eigenvalue weighted by Gasteiger charge is -2.05. The molecule has 0 aliphatic rings. The third-order valence-corrected chi connectivity index (χ3v) is 1.11. The molecule has 4 radical (unpaired) electrons. The van der Waals surface area contributed by atoms with Gasteiger partial charge in [0.25, 0.3) is 0 Å². The van der Waals surface area contributed by atoms with Gasteiger partial charge in [0.15, 0.2) is 0 Å². The molecule has 0 aliphatic heterocycles. The van der Waals surface area contributed by atoms with Crippen LogP contribution in [0.3, 0.4) is 0 Å². The molecule has 0 saturated carbocycles. The van der Waals surface area contributed by atoms with E-state index in [4.69, 9.17) is 0 Å². The van der Waals surface area contributed by atoms with E-state index in [1.807, 2.05) is 0 Å². The normalized spacial score (nSPS) is 12.7. The second kappa shape index (κ2) is 5.27. The molecule has 0 unspecified atom stereocenters. The standard InChI is InChI=1S/C8H12O2/c1-4-5-6-7(2)8(9)10-3/h4-7H,1H2,2-3H3/t7-/m1/s1. The van der Waals surface area contributed by atoms with Crippen LogP contribution in [0.5, 0.6) is 0 Å². The van der Waals surface area contributed by atoms with Crippen LogP contribution in [0.2, 0.25) is 0 Å². The van der Waals surface area contributed by atoms with Gasteiger partial charge in [0.2, 0.25) is 0 Å². The van der Waals surface area contributed by atoms with Crippen molar-refractivity contribution in [3.8, 4) is 0 Å². The minimum atomic E-state index is -0.224. The molecule has 0 aliphatic carbocycles. The molecule has 0 rings (SSSR count). The number of unbranched alkanes of at least 4 members (excludes halogenated alkanes) is 1. The average Bonchev–Trinajstić information content (AvgIpc) is 1.98. The summed E-state index contributed by atoms with van der Waals surface area (Å²) in [6.07, 6.45) is 5.08. The van der Waals surface area contributed by atoms with Crippen molar-refractivity contribution in [3.63, 3.8) is 0 Å². The van der Waals surface area contributed by atoms with Gasteiger partial charge in [-0.3, -0.25) is 4.79 Å². The van der Waals surface area contributed by atoms with Crippen LogP contribution < -0.4 is 0 Å². The summed E-state index contributed by atoms with van der Waals surface area (Å²) < 4.78 is 4.48. The van der Waals surface area contributed by atoms with Crippen LogP contribution in [-0.2, 0) is 9.53 Å².